The summed E-state index contributed by atoms with van der Waals surface area (Å²) in [6.45, 7) is 5.40. The minimum atomic E-state index is 0.0596. The van der Waals surface area contributed by atoms with Crippen molar-refractivity contribution in [3.8, 4) is 0 Å². The van der Waals surface area contributed by atoms with E-state index in [-0.39, 0.29) is 12.0 Å². The molecule has 4 heteroatoms. The number of ether oxygens (including phenoxy) is 1. The molecule has 0 aliphatic carbocycles. The molecule has 1 atom stereocenters. The number of morpholine rings is 1. The molecule has 16 heavy (non-hydrogen) atoms. The predicted molar refractivity (Wildman–Crippen MR) is 64.4 cm³/mol. The van der Waals surface area contributed by atoms with E-state index in [1.807, 2.05) is 0 Å². The summed E-state index contributed by atoms with van der Waals surface area (Å²) in [6.07, 6.45) is 5.33. The number of rotatable bonds is 7. The lowest BCUT2D eigenvalue weighted by Gasteiger charge is -2.23. The first-order chi connectivity index (χ1) is 7.83. The summed E-state index contributed by atoms with van der Waals surface area (Å²) in [5, 5.41) is 6.16. The molecule has 0 radical (unpaired) electrons. The first-order valence-corrected chi connectivity index (χ1v) is 6.42. The van der Waals surface area contributed by atoms with Crippen molar-refractivity contribution in [1.29, 1.82) is 0 Å². The standard InChI is InChI=1S/C12H24N2O2/c1-2-3-4-5-6-14-12(15)9-11-10-13-7-8-16-11/h11,13H,2-10H2,1H3,(H,14,15). The van der Waals surface area contributed by atoms with Gasteiger partial charge in [0.2, 0.25) is 5.91 Å². The molecule has 1 aliphatic heterocycles. The summed E-state index contributed by atoms with van der Waals surface area (Å²) in [4.78, 5) is 11.5. The van der Waals surface area contributed by atoms with Crippen molar-refractivity contribution in [3.05, 3.63) is 0 Å². The fourth-order valence-electron chi connectivity index (χ4n) is 1.81. The largest absolute Gasteiger partial charge is 0.375 e. The molecule has 1 saturated heterocycles. The third-order valence-corrected chi connectivity index (χ3v) is 2.77. The first kappa shape index (κ1) is 13.5. The SMILES string of the molecule is CCCCCCNC(=O)CC1CNCCO1. The van der Waals surface area contributed by atoms with Gasteiger partial charge in [-0.05, 0) is 6.42 Å². The second kappa shape index (κ2) is 8.53. The van der Waals surface area contributed by atoms with Crippen LogP contribution in [-0.2, 0) is 9.53 Å². The monoisotopic (exact) mass is 228 g/mol. The van der Waals surface area contributed by atoms with E-state index in [1.165, 1.54) is 19.3 Å². The van der Waals surface area contributed by atoms with Gasteiger partial charge in [-0.3, -0.25) is 4.79 Å². The van der Waals surface area contributed by atoms with Gasteiger partial charge in [0.15, 0.2) is 0 Å². The van der Waals surface area contributed by atoms with Gasteiger partial charge in [-0.15, -0.1) is 0 Å². The highest BCUT2D eigenvalue weighted by Crippen LogP contribution is 2.01. The highest BCUT2D eigenvalue weighted by Gasteiger charge is 2.16. The summed E-state index contributed by atoms with van der Waals surface area (Å²) < 4.78 is 5.47. The molecule has 1 heterocycles. The number of unbranched alkanes of at least 4 members (excludes halogenated alkanes) is 3. The smallest absolute Gasteiger partial charge is 0.222 e. The zero-order chi connectivity index (χ0) is 11.6. The lowest BCUT2D eigenvalue weighted by atomic mass is 10.2. The Morgan fingerprint density at radius 1 is 1.44 bits per heavy atom. The van der Waals surface area contributed by atoms with Crippen molar-refractivity contribution in [2.24, 2.45) is 0 Å². The van der Waals surface area contributed by atoms with E-state index >= 15 is 0 Å². The Kier molecular flexibility index (Phi) is 7.17. The van der Waals surface area contributed by atoms with Crippen molar-refractivity contribution in [2.45, 2.75) is 45.1 Å². The number of nitrogens with one attached hydrogen (secondary N) is 2. The van der Waals surface area contributed by atoms with Gasteiger partial charge in [0.1, 0.15) is 0 Å². The molecule has 0 aromatic rings. The van der Waals surface area contributed by atoms with Gasteiger partial charge in [-0.25, -0.2) is 0 Å². The van der Waals surface area contributed by atoms with Crippen molar-refractivity contribution >= 4 is 5.91 Å². The van der Waals surface area contributed by atoms with E-state index in [4.69, 9.17) is 4.74 Å². The Bertz CT molecular complexity index is 191. The van der Waals surface area contributed by atoms with Gasteiger partial charge >= 0.3 is 0 Å². The molecule has 1 amide bonds. The molecule has 0 aromatic carbocycles. The van der Waals surface area contributed by atoms with Crippen LogP contribution in [0.25, 0.3) is 0 Å². The third kappa shape index (κ3) is 6.08. The molecule has 0 aromatic heterocycles. The van der Waals surface area contributed by atoms with Crippen molar-refractivity contribution in [1.82, 2.24) is 10.6 Å². The van der Waals surface area contributed by atoms with Gasteiger partial charge in [0.25, 0.3) is 0 Å². The normalized spacial score (nSPS) is 20.7. The molecule has 0 bridgehead atoms. The Morgan fingerprint density at radius 3 is 3.00 bits per heavy atom. The topological polar surface area (TPSA) is 50.4 Å². The third-order valence-electron chi connectivity index (χ3n) is 2.77. The fourth-order valence-corrected chi connectivity index (χ4v) is 1.81. The average molecular weight is 228 g/mol. The van der Waals surface area contributed by atoms with Crippen LogP contribution in [0.1, 0.15) is 39.0 Å². The van der Waals surface area contributed by atoms with Crippen LogP contribution in [-0.4, -0.2) is 38.3 Å². The van der Waals surface area contributed by atoms with E-state index in [0.29, 0.717) is 13.0 Å². The minimum Gasteiger partial charge on any atom is -0.375 e. The predicted octanol–water partition coefficient (Wildman–Crippen LogP) is 1.06. The summed E-state index contributed by atoms with van der Waals surface area (Å²) in [6, 6.07) is 0. The van der Waals surface area contributed by atoms with Crippen LogP contribution < -0.4 is 10.6 Å². The molecule has 0 spiro atoms. The first-order valence-electron chi connectivity index (χ1n) is 6.42. The maximum atomic E-state index is 11.5. The minimum absolute atomic E-state index is 0.0596. The van der Waals surface area contributed by atoms with Gasteiger partial charge in [-0.1, -0.05) is 26.2 Å². The van der Waals surface area contributed by atoms with Crippen LogP contribution in [0, 0.1) is 0 Å². The molecule has 1 unspecified atom stereocenters. The number of carbonyl (C=O) groups is 1. The van der Waals surface area contributed by atoms with Crippen molar-refractivity contribution in [2.75, 3.05) is 26.2 Å². The number of hydrogen-bond donors (Lipinski definition) is 2. The second-order valence-electron chi connectivity index (χ2n) is 4.31. The van der Waals surface area contributed by atoms with Gasteiger partial charge in [0.05, 0.1) is 19.1 Å². The zero-order valence-electron chi connectivity index (χ0n) is 10.3. The molecule has 4 nitrogen and oxygen atoms in total. The molecular formula is C12H24N2O2. The van der Waals surface area contributed by atoms with Crippen LogP contribution in [0.2, 0.25) is 0 Å². The lowest BCUT2D eigenvalue weighted by Crippen LogP contribution is -2.41. The van der Waals surface area contributed by atoms with Crippen LogP contribution in [0.15, 0.2) is 0 Å². The van der Waals surface area contributed by atoms with E-state index in [1.54, 1.807) is 0 Å². The summed E-state index contributed by atoms with van der Waals surface area (Å²) in [7, 11) is 0. The maximum Gasteiger partial charge on any atom is 0.222 e. The summed E-state index contributed by atoms with van der Waals surface area (Å²) in [5.41, 5.74) is 0. The van der Waals surface area contributed by atoms with Crippen LogP contribution >= 0.6 is 0 Å². The highest BCUT2D eigenvalue weighted by atomic mass is 16.5. The molecule has 1 aliphatic rings. The van der Waals surface area contributed by atoms with Crippen molar-refractivity contribution in [3.63, 3.8) is 0 Å². The van der Waals surface area contributed by atoms with Gasteiger partial charge in [0, 0.05) is 19.6 Å². The van der Waals surface area contributed by atoms with Crippen LogP contribution in [0.5, 0.6) is 0 Å². The molecule has 2 N–H and O–H groups in total. The molecular weight excluding hydrogens is 204 g/mol. The van der Waals surface area contributed by atoms with E-state index in [0.717, 1.165) is 26.1 Å². The Morgan fingerprint density at radius 2 is 2.31 bits per heavy atom. The molecule has 0 saturated carbocycles. The zero-order valence-corrected chi connectivity index (χ0v) is 10.3. The average Bonchev–Trinajstić information content (AvgIpc) is 2.30. The highest BCUT2D eigenvalue weighted by molar-refractivity contribution is 5.76. The molecule has 94 valence electrons. The Balaban J connectivity index is 1.97. The summed E-state index contributed by atoms with van der Waals surface area (Å²) in [5.74, 6) is 0.116. The van der Waals surface area contributed by atoms with Gasteiger partial charge in [-0.2, -0.15) is 0 Å². The molecule has 1 rings (SSSR count). The Hall–Kier alpha value is -0.610. The maximum absolute atomic E-state index is 11.5. The summed E-state index contributed by atoms with van der Waals surface area (Å²) >= 11 is 0. The number of hydrogen-bond acceptors (Lipinski definition) is 3. The lowest BCUT2D eigenvalue weighted by molar-refractivity contribution is -0.124. The number of carbonyl (C=O) groups excluding carboxylic acids is 1. The van der Waals surface area contributed by atoms with E-state index in [9.17, 15) is 4.79 Å². The van der Waals surface area contributed by atoms with Crippen LogP contribution in [0.3, 0.4) is 0 Å². The second-order valence-corrected chi connectivity index (χ2v) is 4.31. The fraction of sp³-hybridized carbons (Fsp3) is 0.917. The van der Waals surface area contributed by atoms with Crippen LogP contribution in [0.4, 0.5) is 0 Å². The van der Waals surface area contributed by atoms with Gasteiger partial charge < -0.3 is 15.4 Å². The Labute approximate surface area is 98.1 Å². The van der Waals surface area contributed by atoms with E-state index < -0.39 is 0 Å². The molecule has 1 fully saturated rings. The quantitative estimate of drug-likeness (QED) is 0.641. The van der Waals surface area contributed by atoms with E-state index in [2.05, 4.69) is 17.6 Å². The van der Waals surface area contributed by atoms with Crippen molar-refractivity contribution < 1.29 is 9.53 Å². The number of amides is 1.